The predicted octanol–water partition coefficient (Wildman–Crippen LogP) is 2.47. The van der Waals surface area contributed by atoms with Crippen LogP contribution in [0.3, 0.4) is 0 Å². The third kappa shape index (κ3) is 3.19. The van der Waals surface area contributed by atoms with E-state index < -0.39 is 5.97 Å². The molecular weight excluding hydrogens is 214 g/mol. The zero-order chi connectivity index (χ0) is 11.3. The molecule has 0 radical (unpaired) electrons. The van der Waals surface area contributed by atoms with E-state index in [1.54, 1.807) is 12.1 Å². The molecule has 0 spiro atoms. The highest BCUT2D eigenvalue weighted by atomic mass is 35.5. The number of carboxylic acid groups (broad SMARTS) is 1. The average molecular weight is 224 g/mol. The topological polar surface area (TPSA) is 49.3 Å². The Bertz CT molecular complexity index is 410. The summed E-state index contributed by atoms with van der Waals surface area (Å²) in [5.74, 6) is 1.46. The first-order valence-electron chi connectivity index (χ1n) is 4.35. The van der Waals surface area contributed by atoms with E-state index in [1.165, 1.54) is 6.07 Å². The molecule has 78 valence electrons. The van der Waals surface area contributed by atoms with E-state index in [2.05, 4.69) is 11.2 Å². The lowest BCUT2D eigenvalue weighted by Gasteiger charge is -2.05. The molecule has 0 bridgehead atoms. The fraction of sp³-hybridized carbons (Fsp3) is 0.182. The first-order chi connectivity index (χ1) is 7.15. The van der Waals surface area contributed by atoms with Gasteiger partial charge in [0.25, 0.3) is 0 Å². The van der Waals surface area contributed by atoms with Crippen molar-refractivity contribution in [2.24, 2.45) is 0 Å². The number of hydrogen-bond donors (Lipinski definition) is 2. The first kappa shape index (κ1) is 11.4. The molecule has 15 heavy (non-hydrogen) atoms. The maximum absolute atomic E-state index is 10.7. The van der Waals surface area contributed by atoms with E-state index in [0.717, 1.165) is 5.69 Å². The molecule has 1 aromatic carbocycles. The maximum atomic E-state index is 10.7. The van der Waals surface area contributed by atoms with Crippen molar-refractivity contribution in [2.45, 2.75) is 6.42 Å². The summed E-state index contributed by atoms with van der Waals surface area (Å²) < 4.78 is 0. The summed E-state index contributed by atoms with van der Waals surface area (Å²) in [4.78, 5) is 10.7. The molecule has 0 saturated carbocycles. The molecule has 4 heteroatoms. The maximum Gasteiger partial charge on any atom is 0.337 e. The molecule has 0 atom stereocenters. The molecule has 0 heterocycles. The van der Waals surface area contributed by atoms with Crippen molar-refractivity contribution in [3.05, 3.63) is 28.8 Å². The molecule has 0 fully saturated rings. The molecule has 0 amide bonds. The smallest absolute Gasteiger partial charge is 0.337 e. The number of rotatable bonds is 4. The van der Waals surface area contributed by atoms with Crippen LogP contribution in [0.25, 0.3) is 0 Å². The zero-order valence-electron chi connectivity index (χ0n) is 7.96. The van der Waals surface area contributed by atoms with Gasteiger partial charge in [0.15, 0.2) is 0 Å². The van der Waals surface area contributed by atoms with E-state index in [-0.39, 0.29) is 10.6 Å². The van der Waals surface area contributed by atoms with Gasteiger partial charge in [-0.05, 0) is 18.2 Å². The monoisotopic (exact) mass is 223 g/mol. The molecular formula is C11H10ClNO2. The van der Waals surface area contributed by atoms with Gasteiger partial charge in [-0.2, -0.15) is 0 Å². The van der Waals surface area contributed by atoms with Crippen LogP contribution in [0.15, 0.2) is 18.2 Å². The van der Waals surface area contributed by atoms with Crippen LogP contribution >= 0.6 is 11.6 Å². The minimum Gasteiger partial charge on any atom is -0.478 e. The summed E-state index contributed by atoms with van der Waals surface area (Å²) in [5, 5.41) is 12.0. The van der Waals surface area contributed by atoms with Crippen LogP contribution < -0.4 is 5.32 Å². The number of hydrogen-bond acceptors (Lipinski definition) is 2. The Morgan fingerprint density at radius 3 is 2.87 bits per heavy atom. The van der Waals surface area contributed by atoms with Crippen molar-refractivity contribution in [3.63, 3.8) is 0 Å². The number of anilines is 1. The van der Waals surface area contributed by atoms with Gasteiger partial charge in [-0.15, -0.1) is 12.3 Å². The summed E-state index contributed by atoms with van der Waals surface area (Å²) >= 11 is 5.78. The lowest BCUT2D eigenvalue weighted by atomic mass is 10.2. The zero-order valence-corrected chi connectivity index (χ0v) is 8.71. The van der Waals surface area contributed by atoms with Crippen molar-refractivity contribution >= 4 is 23.3 Å². The van der Waals surface area contributed by atoms with Gasteiger partial charge < -0.3 is 10.4 Å². The molecule has 2 N–H and O–H groups in total. The second-order valence-corrected chi connectivity index (χ2v) is 3.29. The highest BCUT2D eigenvalue weighted by Gasteiger charge is 2.08. The normalized spacial score (nSPS) is 9.33. The third-order valence-electron chi connectivity index (χ3n) is 1.80. The third-order valence-corrected chi connectivity index (χ3v) is 2.11. The Hall–Kier alpha value is -1.66. The number of terminal acetylenes is 1. The minimum atomic E-state index is -1.03. The lowest BCUT2D eigenvalue weighted by Crippen LogP contribution is -2.02. The summed E-state index contributed by atoms with van der Waals surface area (Å²) in [7, 11) is 0. The van der Waals surface area contributed by atoms with E-state index in [4.69, 9.17) is 23.1 Å². The van der Waals surface area contributed by atoms with Crippen molar-refractivity contribution in [2.75, 3.05) is 11.9 Å². The van der Waals surface area contributed by atoms with Crippen LogP contribution in [0, 0.1) is 12.3 Å². The van der Waals surface area contributed by atoms with Crippen LogP contribution in [0.5, 0.6) is 0 Å². The fourth-order valence-electron chi connectivity index (χ4n) is 1.08. The summed E-state index contributed by atoms with van der Waals surface area (Å²) in [6.45, 7) is 0.638. The van der Waals surface area contributed by atoms with Crippen LogP contribution in [0.4, 0.5) is 5.69 Å². The minimum absolute atomic E-state index is 0.0965. The Morgan fingerprint density at radius 1 is 1.60 bits per heavy atom. The van der Waals surface area contributed by atoms with Crippen LogP contribution in [0.2, 0.25) is 5.02 Å². The summed E-state index contributed by atoms with van der Waals surface area (Å²) in [6, 6.07) is 4.69. The Kier molecular flexibility index (Phi) is 4.02. The van der Waals surface area contributed by atoms with Crippen molar-refractivity contribution in [1.82, 2.24) is 0 Å². The van der Waals surface area contributed by atoms with Gasteiger partial charge in [-0.25, -0.2) is 4.79 Å². The van der Waals surface area contributed by atoms with Crippen molar-refractivity contribution < 1.29 is 9.90 Å². The largest absolute Gasteiger partial charge is 0.478 e. The Labute approximate surface area is 93.1 Å². The molecule has 1 aromatic rings. The number of halogens is 1. The number of carboxylic acids is 1. The predicted molar refractivity (Wildman–Crippen MR) is 60.4 cm³/mol. The van der Waals surface area contributed by atoms with Crippen LogP contribution in [0.1, 0.15) is 16.8 Å². The highest BCUT2D eigenvalue weighted by molar-refractivity contribution is 6.33. The molecule has 0 aliphatic heterocycles. The standard InChI is InChI=1S/C11H10ClNO2/c1-2-3-6-13-8-4-5-9(11(14)15)10(12)7-8/h1,4-5,7,13H,3,6H2,(H,14,15). The van der Waals surface area contributed by atoms with E-state index in [1.807, 2.05) is 0 Å². The quantitative estimate of drug-likeness (QED) is 0.609. The SMILES string of the molecule is C#CCCNc1ccc(C(=O)O)c(Cl)c1. The number of benzene rings is 1. The molecule has 3 nitrogen and oxygen atoms in total. The molecule has 0 unspecified atom stereocenters. The van der Waals surface area contributed by atoms with Gasteiger partial charge in [0.05, 0.1) is 10.6 Å². The van der Waals surface area contributed by atoms with Gasteiger partial charge in [0.2, 0.25) is 0 Å². The highest BCUT2D eigenvalue weighted by Crippen LogP contribution is 2.20. The molecule has 0 aliphatic rings. The van der Waals surface area contributed by atoms with Crippen molar-refractivity contribution in [1.29, 1.82) is 0 Å². The first-order valence-corrected chi connectivity index (χ1v) is 4.73. The molecule has 0 aliphatic carbocycles. The lowest BCUT2D eigenvalue weighted by molar-refractivity contribution is 0.0697. The van der Waals surface area contributed by atoms with Gasteiger partial charge >= 0.3 is 5.97 Å². The Balaban J connectivity index is 2.74. The second-order valence-electron chi connectivity index (χ2n) is 2.88. The number of nitrogens with one attached hydrogen (secondary N) is 1. The number of carbonyl (C=O) groups is 1. The number of aromatic carboxylic acids is 1. The van der Waals surface area contributed by atoms with Crippen LogP contribution in [-0.4, -0.2) is 17.6 Å². The molecule has 0 saturated heterocycles. The fourth-order valence-corrected chi connectivity index (χ4v) is 1.34. The van der Waals surface area contributed by atoms with Crippen LogP contribution in [-0.2, 0) is 0 Å². The summed E-state index contributed by atoms with van der Waals surface area (Å²) in [5.41, 5.74) is 0.861. The van der Waals surface area contributed by atoms with E-state index >= 15 is 0 Å². The average Bonchev–Trinajstić information content (AvgIpc) is 2.17. The summed E-state index contributed by atoms with van der Waals surface area (Å²) in [6.07, 6.45) is 5.70. The van der Waals surface area contributed by atoms with Gasteiger partial charge in [-0.1, -0.05) is 11.6 Å². The second kappa shape index (κ2) is 5.28. The molecule has 1 rings (SSSR count). The van der Waals surface area contributed by atoms with Gasteiger partial charge in [0, 0.05) is 18.7 Å². The van der Waals surface area contributed by atoms with Gasteiger partial charge in [0.1, 0.15) is 0 Å². The van der Waals surface area contributed by atoms with E-state index in [0.29, 0.717) is 13.0 Å². The van der Waals surface area contributed by atoms with E-state index in [9.17, 15) is 4.79 Å². The molecule has 0 aromatic heterocycles. The Morgan fingerprint density at radius 2 is 2.33 bits per heavy atom. The van der Waals surface area contributed by atoms with Gasteiger partial charge in [-0.3, -0.25) is 0 Å². The van der Waals surface area contributed by atoms with Crippen molar-refractivity contribution in [3.8, 4) is 12.3 Å².